The highest BCUT2D eigenvalue weighted by molar-refractivity contribution is 5.69. The van der Waals surface area contributed by atoms with Crippen molar-refractivity contribution < 1.29 is 0 Å². The van der Waals surface area contributed by atoms with Crippen molar-refractivity contribution in [2.45, 2.75) is 25.8 Å². The molecule has 5 heteroatoms. The largest absolute Gasteiger partial charge is 0.396 e. The lowest BCUT2D eigenvalue weighted by atomic mass is 10.2. The number of aromatic nitrogens is 4. The summed E-state index contributed by atoms with van der Waals surface area (Å²) in [5, 5.41) is 8.75. The van der Waals surface area contributed by atoms with E-state index in [1.165, 1.54) is 12.8 Å². The molecule has 1 aliphatic carbocycles. The van der Waals surface area contributed by atoms with Crippen LogP contribution in [-0.4, -0.2) is 19.6 Å². The molecule has 90 valence electrons. The Hall–Kier alpha value is -1.78. The Kier molecular flexibility index (Phi) is 2.21. The van der Waals surface area contributed by atoms with Gasteiger partial charge in [-0.2, -0.15) is 10.2 Å². The fourth-order valence-electron chi connectivity index (χ4n) is 2.21. The van der Waals surface area contributed by atoms with Crippen LogP contribution < -0.4 is 5.73 Å². The smallest absolute Gasteiger partial charge is 0.133 e. The zero-order valence-corrected chi connectivity index (χ0v) is 10.2. The van der Waals surface area contributed by atoms with Crippen molar-refractivity contribution in [3.05, 3.63) is 18.5 Å². The minimum absolute atomic E-state index is 0.444. The standard InChI is InChI=1S/C12H17N5/c1-8(9-3-4-9)17-7-10(13)12(15-17)11-5-6-14-16(11)2/h5-9H,3-4,13H2,1-2H3. The van der Waals surface area contributed by atoms with E-state index >= 15 is 0 Å². The first-order chi connectivity index (χ1) is 8.16. The molecule has 0 bridgehead atoms. The van der Waals surface area contributed by atoms with Crippen molar-refractivity contribution in [2.24, 2.45) is 13.0 Å². The van der Waals surface area contributed by atoms with Crippen molar-refractivity contribution in [3.63, 3.8) is 0 Å². The molecule has 1 unspecified atom stereocenters. The van der Waals surface area contributed by atoms with Crippen LogP contribution in [0, 0.1) is 5.92 Å². The fraction of sp³-hybridized carbons (Fsp3) is 0.500. The third kappa shape index (κ3) is 1.71. The molecular formula is C12H17N5. The molecule has 1 aliphatic rings. The van der Waals surface area contributed by atoms with Gasteiger partial charge in [-0.25, -0.2) is 0 Å². The zero-order valence-electron chi connectivity index (χ0n) is 10.2. The van der Waals surface area contributed by atoms with E-state index in [0.717, 1.165) is 23.0 Å². The number of anilines is 1. The number of nitrogens with two attached hydrogens (primary N) is 1. The van der Waals surface area contributed by atoms with E-state index in [0.29, 0.717) is 6.04 Å². The predicted molar refractivity (Wildman–Crippen MR) is 66.3 cm³/mol. The second kappa shape index (κ2) is 3.61. The van der Waals surface area contributed by atoms with Gasteiger partial charge >= 0.3 is 0 Å². The monoisotopic (exact) mass is 231 g/mol. The second-order valence-electron chi connectivity index (χ2n) is 4.83. The summed E-state index contributed by atoms with van der Waals surface area (Å²) in [6.45, 7) is 2.21. The molecule has 1 saturated carbocycles. The molecule has 1 fully saturated rings. The molecule has 0 saturated heterocycles. The molecule has 2 aromatic rings. The maximum Gasteiger partial charge on any atom is 0.133 e. The summed E-state index contributed by atoms with van der Waals surface area (Å²) in [5.41, 5.74) is 8.55. The minimum atomic E-state index is 0.444. The zero-order chi connectivity index (χ0) is 12.0. The number of nitrogens with zero attached hydrogens (tertiary/aromatic N) is 4. The van der Waals surface area contributed by atoms with Gasteiger partial charge in [0.2, 0.25) is 0 Å². The molecule has 1 atom stereocenters. The van der Waals surface area contributed by atoms with E-state index in [2.05, 4.69) is 17.1 Å². The molecule has 3 rings (SSSR count). The quantitative estimate of drug-likeness (QED) is 0.876. The van der Waals surface area contributed by atoms with Crippen molar-refractivity contribution in [1.29, 1.82) is 0 Å². The Labute approximate surface area is 100 Å². The maximum absolute atomic E-state index is 6.04. The van der Waals surface area contributed by atoms with Crippen LogP contribution in [0.3, 0.4) is 0 Å². The van der Waals surface area contributed by atoms with Crippen LogP contribution in [-0.2, 0) is 7.05 Å². The van der Waals surface area contributed by atoms with Crippen LogP contribution in [0.1, 0.15) is 25.8 Å². The Morgan fingerprint density at radius 2 is 2.24 bits per heavy atom. The number of nitrogen functional groups attached to an aromatic ring is 1. The lowest BCUT2D eigenvalue weighted by Gasteiger charge is -2.09. The molecule has 0 amide bonds. The summed E-state index contributed by atoms with van der Waals surface area (Å²) in [6, 6.07) is 2.38. The first-order valence-corrected chi connectivity index (χ1v) is 6.00. The molecule has 2 N–H and O–H groups in total. The third-order valence-corrected chi connectivity index (χ3v) is 3.55. The van der Waals surface area contributed by atoms with Crippen molar-refractivity contribution in [2.75, 3.05) is 5.73 Å². The van der Waals surface area contributed by atoms with Crippen molar-refractivity contribution in [3.8, 4) is 11.4 Å². The predicted octanol–water partition coefficient (Wildman–Crippen LogP) is 1.84. The Bertz CT molecular complexity index is 535. The van der Waals surface area contributed by atoms with Gasteiger partial charge in [0.25, 0.3) is 0 Å². The average Bonchev–Trinajstić information content (AvgIpc) is 2.97. The molecule has 2 aromatic heterocycles. The van der Waals surface area contributed by atoms with Crippen LogP contribution in [0.5, 0.6) is 0 Å². The van der Waals surface area contributed by atoms with Gasteiger partial charge in [-0.1, -0.05) is 0 Å². The molecule has 2 heterocycles. The van der Waals surface area contributed by atoms with Gasteiger partial charge in [0.15, 0.2) is 0 Å². The van der Waals surface area contributed by atoms with Crippen molar-refractivity contribution >= 4 is 5.69 Å². The topological polar surface area (TPSA) is 61.7 Å². The second-order valence-corrected chi connectivity index (χ2v) is 4.83. The summed E-state index contributed by atoms with van der Waals surface area (Å²) >= 11 is 0. The van der Waals surface area contributed by atoms with Crippen LogP contribution in [0.2, 0.25) is 0 Å². The van der Waals surface area contributed by atoms with Crippen LogP contribution in [0.15, 0.2) is 18.5 Å². The summed E-state index contributed by atoms with van der Waals surface area (Å²) < 4.78 is 3.79. The van der Waals surface area contributed by atoms with E-state index < -0.39 is 0 Å². The molecule has 0 spiro atoms. The van der Waals surface area contributed by atoms with E-state index in [1.807, 2.05) is 24.0 Å². The first-order valence-electron chi connectivity index (χ1n) is 6.00. The lowest BCUT2D eigenvalue weighted by molar-refractivity contribution is 0.441. The summed E-state index contributed by atoms with van der Waals surface area (Å²) in [5.74, 6) is 0.772. The maximum atomic E-state index is 6.04. The Morgan fingerprint density at radius 3 is 2.82 bits per heavy atom. The summed E-state index contributed by atoms with van der Waals surface area (Å²) in [4.78, 5) is 0. The van der Waals surface area contributed by atoms with Gasteiger partial charge in [-0.15, -0.1) is 0 Å². The van der Waals surface area contributed by atoms with E-state index in [-0.39, 0.29) is 0 Å². The first kappa shape index (κ1) is 10.4. The SMILES string of the molecule is CC(C1CC1)n1cc(N)c(-c2ccnn2C)n1. The van der Waals surface area contributed by atoms with E-state index in [9.17, 15) is 0 Å². The summed E-state index contributed by atoms with van der Waals surface area (Å²) in [7, 11) is 1.90. The van der Waals surface area contributed by atoms with E-state index in [4.69, 9.17) is 5.73 Å². The molecule has 0 aliphatic heterocycles. The highest BCUT2D eigenvalue weighted by Crippen LogP contribution is 2.40. The number of aryl methyl sites for hydroxylation is 1. The molecule has 0 radical (unpaired) electrons. The fourth-order valence-corrected chi connectivity index (χ4v) is 2.21. The van der Waals surface area contributed by atoms with Gasteiger partial charge in [0, 0.05) is 19.4 Å². The Balaban J connectivity index is 1.98. The number of rotatable bonds is 3. The van der Waals surface area contributed by atoms with Gasteiger partial charge in [0.05, 0.1) is 17.4 Å². The normalized spacial score (nSPS) is 17.3. The Morgan fingerprint density at radius 1 is 1.47 bits per heavy atom. The van der Waals surface area contributed by atoms with E-state index in [1.54, 1.807) is 10.9 Å². The van der Waals surface area contributed by atoms with Gasteiger partial charge in [-0.05, 0) is 31.7 Å². The lowest BCUT2D eigenvalue weighted by Crippen LogP contribution is -2.07. The molecule has 5 nitrogen and oxygen atoms in total. The van der Waals surface area contributed by atoms with Crippen LogP contribution >= 0.6 is 0 Å². The minimum Gasteiger partial charge on any atom is -0.396 e. The summed E-state index contributed by atoms with van der Waals surface area (Å²) in [6.07, 6.45) is 6.31. The van der Waals surface area contributed by atoms with Crippen LogP contribution in [0.4, 0.5) is 5.69 Å². The van der Waals surface area contributed by atoms with Crippen molar-refractivity contribution in [1.82, 2.24) is 19.6 Å². The highest BCUT2D eigenvalue weighted by Gasteiger charge is 2.30. The average molecular weight is 231 g/mol. The number of hydrogen-bond donors (Lipinski definition) is 1. The van der Waals surface area contributed by atoms with Gasteiger partial charge in [0.1, 0.15) is 5.69 Å². The molecule has 0 aromatic carbocycles. The van der Waals surface area contributed by atoms with Crippen LogP contribution in [0.25, 0.3) is 11.4 Å². The molecule has 17 heavy (non-hydrogen) atoms. The highest BCUT2D eigenvalue weighted by atomic mass is 15.3. The third-order valence-electron chi connectivity index (χ3n) is 3.55. The number of hydrogen-bond acceptors (Lipinski definition) is 3. The van der Waals surface area contributed by atoms with Gasteiger partial charge in [-0.3, -0.25) is 9.36 Å². The molecular weight excluding hydrogens is 214 g/mol. The van der Waals surface area contributed by atoms with Gasteiger partial charge < -0.3 is 5.73 Å².